The van der Waals surface area contributed by atoms with Gasteiger partial charge in [-0.15, -0.1) is 11.3 Å². The SMILES string of the molecule is COC(=O)c1sccc1Oc1ccccc1[N+](=O)[O-]. The zero-order chi connectivity index (χ0) is 13.8. The van der Waals surface area contributed by atoms with Crippen molar-refractivity contribution in [2.45, 2.75) is 0 Å². The number of esters is 1. The van der Waals surface area contributed by atoms with Gasteiger partial charge >= 0.3 is 11.7 Å². The molecule has 0 saturated carbocycles. The van der Waals surface area contributed by atoms with Gasteiger partial charge in [0.1, 0.15) is 0 Å². The molecule has 0 atom stereocenters. The van der Waals surface area contributed by atoms with Crippen molar-refractivity contribution in [3.8, 4) is 11.5 Å². The van der Waals surface area contributed by atoms with E-state index in [0.29, 0.717) is 0 Å². The third kappa shape index (κ3) is 2.71. The minimum Gasteiger partial charge on any atom is -0.465 e. The molecule has 0 aliphatic rings. The number of ether oxygens (including phenoxy) is 2. The number of nitro groups is 1. The van der Waals surface area contributed by atoms with E-state index in [0.717, 1.165) is 11.3 Å². The highest BCUT2D eigenvalue weighted by atomic mass is 32.1. The Balaban J connectivity index is 2.35. The normalized spacial score (nSPS) is 9.95. The van der Waals surface area contributed by atoms with Gasteiger partial charge in [-0.25, -0.2) is 4.79 Å². The van der Waals surface area contributed by atoms with Crippen LogP contribution in [0.2, 0.25) is 0 Å². The number of benzene rings is 1. The van der Waals surface area contributed by atoms with E-state index in [1.54, 1.807) is 23.6 Å². The Hall–Kier alpha value is -2.41. The highest BCUT2D eigenvalue weighted by Crippen LogP contribution is 2.34. The molecule has 0 saturated heterocycles. The summed E-state index contributed by atoms with van der Waals surface area (Å²) in [5.74, 6) is -0.217. The molecule has 0 aliphatic carbocycles. The van der Waals surface area contributed by atoms with Crippen LogP contribution < -0.4 is 4.74 Å². The van der Waals surface area contributed by atoms with E-state index in [4.69, 9.17) is 4.74 Å². The first-order valence-electron chi connectivity index (χ1n) is 5.20. The summed E-state index contributed by atoms with van der Waals surface area (Å²) in [5.41, 5.74) is -0.162. The fourth-order valence-electron chi connectivity index (χ4n) is 1.43. The van der Waals surface area contributed by atoms with Crippen LogP contribution in [-0.2, 0) is 4.74 Å². The number of rotatable bonds is 4. The monoisotopic (exact) mass is 279 g/mol. The Kier molecular flexibility index (Phi) is 3.76. The maximum Gasteiger partial charge on any atom is 0.351 e. The molecule has 19 heavy (non-hydrogen) atoms. The van der Waals surface area contributed by atoms with Crippen molar-refractivity contribution in [3.05, 3.63) is 50.7 Å². The fourth-order valence-corrected chi connectivity index (χ4v) is 2.17. The predicted molar refractivity (Wildman–Crippen MR) is 68.8 cm³/mol. The number of nitro benzene ring substituents is 1. The Bertz CT molecular complexity index is 622. The van der Waals surface area contributed by atoms with E-state index in [9.17, 15) is 14.9 Å². The van der Waals surface area contributed by atoms with E-state index in [1.807, 2.05) is 0 Å². The van der Waals surface area contributed by atoms with Crippen molar-refractivity contribution in [1.29, 1.82) is 0 Å². The smallest absolute Gasteiger partial charge is 0.351 e. The molecule has 7 heteroatoms. The van der Waals surface area contributed by atoms with Crippen LogP contribution in [0.25, 0.3) is 0 Å². The minimum absolute atomic E-state index is 0.0797. The van der Waals surface area contributed by atoms with Crippen molar-refractivity contribution in [3.63, 3.8) is 0 Å². The van der Waals surface area contributed by atoms with E-state index < -0.39 is 10.9 Å². The average Bonchev–Trinajstić information content (AvgIpc) is 2.86. The summed E-state index contributed by atoms with van der Waals surface area (Å²) >= 11 is 1.15. The molecule has 1 heterocycles. The lowest BCUT2D eigenvalue weighted by atomic mass is 10.3. The largest absolute Gasteiger partial charge is 0.465 e. The number of hydrogen-bond donors (Lipinski definition) is 0. The molecule has 98 valence electrons. The van der Waals surface area contributed by atoms with Gasteiger partial charge in [-0.1, -0.05) is 12.1 Å². The fraction of sp³-hybridized carbons (Fsp3) is 0.0833. The quantitative estimate of drug-likeness (QED) is 0.487. The van der Waals surface area contributed by atoms with Crippen molar-refractivity contribution in [2.75, 3.05) is 7.11 Å². The molecule has 1 aromatic heterocycles. The second kappa shape index (κ2) is 5.49. The van der Waals surface area contributed by atoms with Crippen LogP contribution in [0, 0.1) is 10.1 Å². The molecule has 2 aromatic rings. The van der Waals surface area contributed by atoms with Crippen molar-refractivity contribution in [2.24, 2.45) is 0 Å². The molecule has 2 rings (SSSR count). The van der Waals surface area contributed by atoms with Crippen molar-refractivity contribution in [1.82, 2.24) is 0 Å². The summed E-state index contributed by atoms with van der Waals surface area (Å²) in [6.07, 6.45) is 0. The molecule has 1 aromatic carbocycles. The number of hydrogen-bond acceptors (Lipinski definition) is 6. The summed E-state index contributed by atoms with van der Waals surface area (Å²) in [6.45, 7) is 0. The highest BCUT2D eigenvalue weighted by molar-refractivity contribution is 7.12. The van der Waals surface area contributed by atoms with Crippen LogP contribution in [0.4, 0.5) is 5.69 Å². The molecule has 0 radical (unpaired) electrons. The van der Waals surface area contributed by atoms with Crippen molar-refractivity contribution >= 4 is 23.0 Å². The third-order valence-corrected chi connectivity index (χ3v) is 3.16. The molecule has 6 nitrogen and oxygen atoms in total. The molecule has 0 N–H and O–H groups in total. The van der Waals surface area contributed by atoms with Gasteiger partial charge < -0.3 is 9.47 Å². The molecule has 0 amide bonds. The van der Waals surface area contributed by atoms with E-state index >= 15 is 0 Å². The van der Waals surface area contributed by atoms with Crippen molar-refractivity contribution < 1.29 is 19.2 Å². The standard InChI is InChI=1S/C12H9NO5S/c1-17-12(14)11-10(6-7-19-11)18-9-5-3-2-4-8(9)13(15)16/h2-7H,1H3. The lowest BCUT2D eigenvalue weighted by Gasteiger charge is -2.06. The van der Waals surface area contributed by atoms with Gasteiger partial charge in [0.25, 0.3) is 0 Å². The van der Waals surface area contributed by atoms with Crippen LogP contribution in [0.1, 0.15) is 9.67 Å². The lowest BCUT2D eigenvalue weighted by Crippen LogP contribution is -2.00. The topological polar surface area (TPSA) is 78.7 Å². The van der Waals surface area contributed by atoms with E-state index in [1.165, 1.54) is 19.2 Å². The highest BCUT2D eigenvalue weighted by Gasteiger charge is 2.19. The van der Waals surface area contributed by atoms with E-state index in [-0.39, 0.29) is 22.1 Å². The molecule has 0 aliphatic heterocycles. The first kappa shape index (κ1) is 13.0. The summed E-state index contributed by atoms with van der Waals surface area (Å²) < 4.78 is 10.0. The van der Waals surface area contributed by atoms with Gasteiger partial charge in [0.05, 0.1) is 12.0 Å². The first-order chi connectivity index (χ1) is 9.13. The van der Waals surface area contributed by atoms with Gasteiger partial charge in [0, 0.05) is 6.07 Å². The van der Waals surface area contributed by atoms with Crippen LogP contribution >= 0.6 is 11.3 Å². The molecule has 0 fully saturated rings. The number of carbonyl (C=O) groups is 1. The van der Waals surface area contributed by atoms with Crippen LogP contribution in [0.5, 0.6) is 11.5 Å². The molecule has 0 spiro atoms. The first-order valence-corrected chi connectivity index (χ1v) is 6.08. The summed E-state index contributed by atoms with van der Waals surface area (Å²) in [4.78, 5) is 22.1. The Labute approximate surface area is 112 Å². The van der Waals surface area contributed by atoms with Gasteiger partial charge in [-0.05, 0) is 17.5 Å². The number of carbonyl (C=O) groups excluding carboxylic acids is 1. The van der Waals surface area contributed by atoms with Crippen LogP contribution in [0.3, 0.4) is 0 Å². The number of nitrogens with zero attached hydrogens (tertiary/aromatic N) is 1. The predicted octanol–water partition coefficient (Wildman–Crippen LogP) is 3.24. The summed E-state index contributed by atoms with van der Waals surface area (Å²) in [5, 5.41) is 12.5. The zero-order valence-corrected chi connectivity index (χ0v) is 10.7. The minimum atomic E-state index is -0.542. The van der Waals surface area contributed by atoms with Crippen LogP contribution in [-0.4, -0.2) is 18.0 Å². The third-order valence-electron chi connectivity index (χ3n) is 2.28. The summed E-state index contributed by atoms with van der Waals surface area (Å²) in [7, 11) is 1.26. The van der Waals surface area contributed by atoms with Gasteiger partial charge in [0.2, 0.25) is 5.75 Å². The molecule has 0 bridgehead atoms. The molecule has 0 unspecified atom stereocenters. The zero-order valence-electron chi connectivity index (χ0n) is 9.86. The van der Waals surface area contributed by atoms with Gasteiger partial charge in [-0.3, -0.25) is 10.1 Å². The Morgan fingerprint density at radius 1 is 1.26 bits per heavy atom. The summed E-state index contributed by atoms with van der Waals surface area (Å²) in [6, 6.07) is 7.52. The maximum absolute atomic E-state index is 11.5. The van der Waals surface area contributed by atoms with Gasteiger partial charge in [0.15, 0.2) is 10.6 Å². The number of methoxy groups -OCH3 is 1. The Morgan fingerprint density at radius 3 is 2.68 bits per heavy atom. The number of para-hydroxylation sites is 2. The average molecular weight is 279 g/mol. The lowest BCUT2D eigenvalue weighted by molar-refractivity contribution is -0.385. The number of thiophene rings is 1. The maximum atomic E-state index is 11.5. The van der Waals surface area contributed by atoms with Gasteiger partial charge in [-0.2, -0.15) is 0 Å². The second-order valence-electron chi connectivity index (χ2n) is 3.43. The van der Waals surface area contributed by atoms with Crippen LogP contribution in [0.15, 0.2) is 35.7 Å². The second-order valence-corrected chi connectivity index (χ2v) is 4.35. The van der Waals surface area contributed by atoms with E-state index in [2.05, 4.69) is 4.74 Å². The molecular weight excluding hydrogens is 270 g/mol. The Morgan fingerprint density at radius 2 is 2.00 bits per heavy atom. The molecular formula is C12H9NO5S.